The van der Waals surface area contributed by atoms with Crippen LogP contribution in [0.5, 0.6) is 0 Å². The summed E-state index contributed by atoms with van der Waals surface area (Å²) in [5.74, 6) is -1.00. The highest BCUT2D eigenvalue weighted by molar-refractivity contribution is 6.06. The number of rotatable bonds is 4. The minimum atomic E-state index is -0.955. The van der Waals surface area contributed by atoms with E-state index in [1.165, 1.54) is 12.1 Å². The number of ether oxygens (including phenoxy) is 1. The van der Waals surface area contributed by atoms with E-state index >= 15 is 0 Å². The van der Waals surface area contributed by atoms with Gasteiger partial charge in [0.2, 0.25) is 0 Å². The molecule has 0 amide bonds. The molecule has 6 nitrogen and oxygen atoms in total. The van der Waals surface area contributed by atoms with Crippen LogP contribution in [0.1, 0.15) is 34.8 Å². The molecule has 0 radical (unpaired) electrons. The molecule has 0 unspecified atom stereocenters. The number of halogens is 1. The Bertz CT molecular complexity index is 1510. The number of H-pyrrole nitrogens is 1. The van der Waals surface area contributed by atoms with Gasteiger partial charge in [0.15, 0.2) is 0 Å². The Labute approximate surface area is 194 Å². The predicted octanol–water partition coefficient (Wildman–Crippen LogP) is 5.91. The van der Waals surface area contributed by atoms with E-state index in [1.54, 1.807) is 30.5 Å². The van der Waals surface area contributed by atoms with Crippen LogP contribution in [0.25, 0.3) is 38.6 Å². The number of hydrogen-bond donors (Lipinski definition) is 2. The molecule has 1 aliphatic rings. The fourth-order valence-electron chi connectivity index (χ4n) is 5.05. The molecule has 34 heavy (non-hydrogen) atoms. The van der Waals surface area contributed by atoms with Crippen LogP contribution in [0.15, 0.2) is 66.9 Å². The molecule has 0 saturated carbocycles. The summed E-state index contributed by atoms with van der Waals surface area (Å²) in [5.41, 5.74) is 6.17. The van der Waals surface area contributed by atoms with Crippen LogP contribution >= 0.6 is 0 Å². The second kappa shape index (κ2) is 8.11. The molecule has 1 saturated heterocycles. The molecule has 0 aliphatic carbocycles. The number of nitrogens with zero attached hydrogens (tertiary/aromatic N) is 2. The fraction of sp³-hybridized carbons (Fsp3) is 0.185. The van der Waals surface area contributed by atoms with Crippen molar-refractivity contribution in [3.63, 3.8) is 0 Å². The molecule has 3 heterocycles. The van der Waals surface area contributed by atoms with Crippen molar-refractivity contribution in [3.8, 4) is 16.8 Å². The summed E-state index contributed by atoms with van der Waals surface area (Å²) in [6.07, 6.45) is 3.54. The largest absolute Gasteiger partial charge is 0.478 e. The quantitative estimate of drug-likeness (QED) is 0.349. The number of aromatic carboxylic acids is 1. The average Bonchev–Trinajstić information content (AvgIpc) is 3.45. The maximum atomic E-state index is 13.8. The number of carbonyl (C=O) groups is 1. The highest BCUT2D eigenvalue weighted by Gasteiger charge is 2.28. The molecular formula is C27H22FN3O3. The number of fused-ring (bicyclic) bond motifs is 2. The van der Waals surface area contributed by atoms with Gasteiger partial charge in [0, 0.05) is 46.8 Å². The third kappa shape index (κ3) is 3.36. The molecule has 0 spiro atoms. The van der Waals surface area contributed by atoms with Gasteiger partial charge in [-0.25, -0.2) is 9.18 Å². The molecule has 0 atom stereocenters. The average molecular weight is 461 g/mol. The maximum Gasteiger partial charge on any atom is 0.335 e. The molecule has 2 N–H and O–H groups in total. The standard InChI is InChI=1S/C27H22FN3O3/c28-20-5-7-21(8-6-20)31-24-13-19-15-29-30-23(19)14-22(24)25(26(31)17-9-11-34-12-10-17)16-1-3-18(4-2-16)27(32)33/h1-8,13-15,17H,9-12H2,(H,29,30)(H,32,33)/i5+1,6+1,7+1,8+1,20+1,21+1. The smallest absolute Gasteiger partial charge is 0.335 e. The van der Waals surface area contributed by atoms with Gasteiger partial charge in [-0.15, -0.1) is 0 Å². The highest BCUT2D eigenvalue weighted by atomic mass is 19.2. The number of carboxylic acids is 1. The van der Waals surface area contributed by atoms with Gasteiger partial charge in [-0.3, -0.25) is 5.10 Å². The zero-order chi connectivity index (χ0) is 23.2. The van der Waals surface area contributed by atoms with Crippen LogP contribution in [0.3, 0.4) is 0 Å². The lowest BCUT2D eigenvalue weighted by atomic mass is 9.90. The number of aromatic nitrogens is 3. The van der Waals surface area contributed by atoms with Crippen molar-refractivity contribution in [1.29, 1.82) is 0 Å². The molecule has 5 aromatic rings. The zero-order valence-corrected chi connectivity index (χ0v) is 18.3. The zero-order valence-electron chi connectivity index (χ0n) is 18.3. The molecule has 170 valence electrons. The van der Waals surface area contributed by atoms with Gasteiger partial charge < -0.3 is 14.4 Å². The monoisotopic (exact) mass is 461 g/mol. The van der Waals surface area contributed by atoms with Crippen molar-refractivity contribution < 1.29 is 19.0 Å². The predicted molar refractivity (Wildman–Crippen MR) is 128 cm³/mol. The summed E-state index contributed by atoms with van der Waals surface area (Å²) in [5, 5.41) is 18.7. The topological polar surface area (TPSA) is 80.1 Å². The van der Waals surface area contributed by atoms with Crippen LogP contribution in [-0.2, 0) is 4.74 Å². The maximum absolute atomic E-state index is 13.8. The van der Waals surface area contributed by atoms with Crippen molar-refractivity contribution in [2.45, 2.75) is 18.8 Å². The molecule has 3 aromatic carbocycles. The van der Waals surface area contributed by atoms with Gasteiger partial charge in [-0.1, -0.05) is 12.1 Å². The first-order valence-corrected chi connectivity index (χ1v) is 11.3. The minimum Gasteiger partial charge on any atom is -0.478 e. The number of hydrogen-bond acceptors (Lipinski definition) is 3. The number of nitrogens with one attached hydrogen (secondary N) is 1. The summed E-state index contributed by atoms with van der Waals surface area (Å²) < 4.78 is 21.7. The van der Waals surface area contributed by atoms with Gasteiger partial charge in [0.05, 0.1) is 22.8 Å². The first-order valence-electron chi connectivity index (χ1n) is 11.3. The van der Waals surface area contributed by atoms with E-state index in [4.69, 9.17) is 4.74 Å². The van der Waals surface area contributed by atoms with Crippen molar-refractivity contribution in [2.75, 3.05) is 13.2 Å². The van der Waals surface area contributed by atoms with Crippen LogP contribution in [-0.4, -0.2) is 39.1 Å². The van der Waals surface area contributed by atoms with E-state index in [0.717, 1.165) is 57.2 Å². The Kier molecular flexibility index (Phi) is 4.92. The lowest BCUT2D eigenvalue weighted by Crippen LogP contribution is -2.17. The third-order valence-electron chi connectivity index (χ3n) is 6.68. The van der Waals surface area contributed by atoms with Gasteiger partial charge in [0.1, 0.15) is 5.82 Å². The van der Waals surface area contributed by atoms with E-state index in [1.807, 2.05) is 12.1 Å². The normalized spacial score (nSPS) is 14.7. The molecule has 0 bridgehead atoms. The fourth-order valence-corrected chi connectivity index (χ4v) is 5.05. The summed E-state index contributed by atoms with van der Waals surface area (Å²) in [6, 6.07) is 17.8. The first-order chi connectivity index (χ1) is 16.6. The number of carboxylic acid groups (broad SMARTS) is 1. The molecule has 1 aliphatic heterocycles. The summed E-state index contributed by atoms with van der Waals surface area (Å²) in [6.45, 7) is 1.36. The van der Waals surface area contributed by atoms with E-state index in [9.17, 15) is 14.3 Å². The Hall–Kier alpha value is -3.97. The molecular weight excluding hydrogens is 439 g/mol. The van der Waals surface area contributed by atoms with E-state index in [-0.39, 0.29) is 17.3 Å². The molecule has 2 aromatic heterocycles. The SMILES string of the molecule is O=C(O)c1ccc(-c2c(C3CCOCC3)n(-[13c]3[13cH][13cH][13c](F)[13cH][13cH]3)c3cc4cn[nH]c4cc23)cc1. The second-order valence-electron chi connectivity index (χ2n) is 8.67. The molecule has 7 heteroatoms. The summed E-state index contributed by atoms with van der Waals surface area (Å²) in [7, 11) is 0. The highest BCUT2D eigenvalue weighted by Crippen LogP contribution is 2.44. The van der Waals surface area contributed by atoms with Gasteiger partial charge >= 0.3 is 5.97 Å². The van der Waals surface area contributed by atoms with Crippen molar-refractivity contribution in [3.05, 3.63) is 83.9 Å². The van der Waals surface area contributed by atoms with Crippen LogP contribution < -0.4 is 0 Å². The van der Waals surface area contributed by atoms with E-state index in [0.29, 0.717) is 13.2 Å². The Balaban J connectivity index is 1.71. The second-order valence-corrected chi connectivity index (χ2v) is 8.67. The van der Waals surface area contributed by atoms with Crippen LogP contribution in [0, 0.1) is 5.82 Å². The van der Waals surface area contributed by atoms with Crippen molar-refractivity contribution in [2.24, 2.45) is 0 Å². The van der Waals surface area contributed by atoms with Crippen LogP contribution in [0.4, 0.5) is 4.39 Å². The Morgan fingerprint density at radius 2 is 1.79 bits per heavy atom. The van der Waals surface area contributed by atoms with Crippen LogP contribution in [0.2, 0.25) is 0 Å². The Morgan fingerprint density at radius 1 is 1.06 bits per heavy atom. The van der Waals surface area contributed by atoms with Gasteiger partial charge in [-0.05, 0) is 66.9 Å². The van der Waals surface area contributed by atoms with E-state index < -0.39 is 5.97 Å². The molecule has 6 rings (SSSR count). The lowest BCUT2D eigenvalue weighted by molar-refractivity contribution is 0.0697. The Morgan fingerprint density at radius 3 is 2.50 bits per heavy atom. The number of benzene rings is 3. The van der Waals surface area contributed by atoms with Crippen molar-refractivity contribution >= 4 is 27.8 Å². The number of aromatic amines is 1. The van der Waals surface area contributed by atoms with Gasteiger partial charge in [-0.2, -0.15) is 5.10 Å². The van der Waals surface area contributed by atoms with Crippen molar-refractivity contribution in [1.82, 2.24) is 14.8 Å². The third-order valence-corrected chi connectivity index (χ3v) is 6.68. The first kappa shape index (κ1) is 20.6. The summed E-state index contributed by atoms with van der Waals surface area (Å²) >= 11 is 0. The lowest BCUT2D eigenvalue weighted by Gasteiger charge is -2.26. The van der Waals surface area contributed by atoms with Gasteiger partial charge in [0.25, 0.3) is 0 Å². The van der Waals surface area contributed by atoms with E-state index in [2.05, 4.69) is 26.9 Å². The minimum absolute atomic E-state index is 0.233. The summed E-state index contributed by atoms with van der Waals surface area (Å²) in [4.78, 5) is 11.4. The molecule has 1 fully saturated rings.